The summed E-state index contributed by atoms with van der Waals surface area (Å²) < 4.78 is 24.0. The molecule has 0 fully saturated rings. The molecule has 0 rings (SSSR count). The summed E-state index contributed by atoms with van der Waals surface area (Å²) in [5.74, 6) is -0.326. The van der Waals surface area contributed by atoms with Crippen LogP contribution in [0, 0.1) is 5.92 Å². The molecule has 2 atom stereocenters. The van der Waals surface area contributed by atoms with Gasteiger partial charge in [-0.15, -0.1) is 0 Å². The zero-order valence-electron chi connectivity index (χ0n) is 10.9. The predicted molar refractivity (Wildman–Crippen MR) is 67.9 cm³/mol. The van der Waals surface area contributed by atoms with Crippen LogP contribution in [0.3, 0.4) is 0 Å². The Balaban J connectivity index is 4.11. The quantitative estimate of drug-likeness (QED) is 0.641. The number of rotatable bonds is 7. The van der Waals surface area contributed by atoms with Crippen LogP contribution in [0.1, 0.15) is 20.3 Å². The van der Waals surface area contributed by atoms with Crippen LogP contribution < -0.4 is 11.1 Å². The fourth-order valence-electron chi connectivity index (χ4n) is 1.12. The molecule has 3 N–H and O–H groups in total. The van der Waals surface area contributed by atoms with E-state index in [0.717, 1.165) is 10.7 Å². The van der Waals surface area contributed by atoms with Gasteiger partial charge >= 0.3 is 0 Å². The van der Waals surface area contributed by atoms with Gasteiger partial charge in [-0.3, -0.25) is 4.79 Å². The Morgan fingerprint density at radius 2 is 1.94 bits per heavy atom. The van der Waals surface area contributed by atoms with Crippen molar-refractivity contribution in [3.8, 4) is 0 Å². The topological polar surface area (TPSA) is 92.5 Å². The van der Waals surface area contributed by atoms with Crippen LogP contribution in [0.4, 0.5) is 0 Å². The van der Waals surface area contributed by atoms with Gasteiger partial charge in [0.2, 0.25) is 15.9 Å². The second kappa shape index (κ2) is 6.93. The lowest BCUT2D eigenvalue weighted by Gasteiger charge is -2.18. The number of carbonyl (C=O) groups is 1. The highest BCUT2D eigenvalue weighted by Gasteiger charge is 2.20. The van der Waals surface area contributed by atoms with E-state index in [9.17, 15) is 13.2 Å². The number of hydrogen-bond acceptors (Lipinski definition) is 4. The summed E-state index contributed by atoms with van der Waals surface area (Å²) in [6.07, 6.45) is 0.810. The number of carbonyl (C=O) groups excluding carboxylic acids is 1. The molecule has 0 aromatic rings. The van der Waals surface area contributed by atoms with Gasteiger partial charge in [-0.1, -0.05) is 20.3 Å². The lowest BCUT2D eigenvalue weighted by atomic mass is 9.99. The predicted octanol–water partition coefficient (Wildman–Crippen LogP) is -0.633. The highest BCUT2D eigenvalue weighted by molar-refractivity contribution is 7.89. The lowest BCUT2D eigenvalue weighted by molar-refractivity contribution is -0.123. The Labute approximate surface area is 104 Å². The minimum absolute atomic E-state index is 0.0838. The number of nitrogens with zero attached hydrogens (tertiary/aromatic N) is 1. The van der Waals surface area contributed by atoms with E-state index in [1.54, 1.807) is 0 Å². The van der Waals surface area contributed by atoms with E-state index in [4.69, 9.17) is 5.73 Å². The van der Waals surface area contributed by atoms with Gasteiger partial charge < -0.3 is 11.1 Å². The van der Waals surface area contributed by atoms with Gasteiger partial charge in [0.25, 0.3) is 0 Å². The van der Waals surface area contributed by atoms with Crippen LogP contribution in [0.5, 0.6) is 0 Å². The summed E-state index contributed by atoms with van der Waals surface area (Å²) >= 11 is 0. The highest BCUT2D eigenvalue weighted by Crippen LogP contribution is 2.04. The van der Waals surface area contributed by atoms with Crippen molar-refractivity contribution in [2.75, 3.05) is 26.4 Å². The average Bonchev–Trinajstić information content (AvgIpc) is 2.26. The molecule has 0 aliphatic heterocycles. The van der Waals surface area contributed by atoms with Crippen molar-refractivity contribution >= 4 is 15.9 Å². The molecular formula is C10H23N3O3S. The molecular weight excluding hydrogens is 242 g/mol. The van der Waals surface area contributed by atoms with Gasteiger partial charge in [0.1, 0.15) is 0 Å². The van der Waals surface area contributed by atoms with Crippen LogP contribution in [-0.4, -0.2) is 51.1 Å². The van der Waals surface area contributed by atoms with Gasteiger partial charge in [-0.25, -0.2) is 12.7 Å². The Morgan fingerprint density at radius 1 is 1.41 bits per heavy atom. The van der Waals surface area contributed by atoms with E-state index >= 15 is 0 Å². The molecule has 0 heterocycles. The summed E-state index contributed by atoms with van der Waals surface area (Å²) in [6, 6.07) is -0.581. The van der Waals surface area contributed by atoms with Gasteiger partial charge in [-0.05, 0) is 5.92 Å². The normalized spacial score (nSPS) is 15.6. The first-order valence-electron chi connectivity index (χ1n) is 5.65. The number of nitrogens with one attached hydrogen (secondary N) is 1. The molecule has 0 saturated heterocycles. The summed E-state index contributed by atoms with van der Waals surface area (Å²) in [6.45, 7) is 3.93. The van der Waals surface area contributed by atoms with Crippen LogP contribution in [0.2, 0.25) is 0 Å². The molecule has 0 radical (unpaired) electrons. The van der Waals surface area contributed by atoms with Crippen molar-refractivity contribution in [2.45, 2.75) is 26.3 Å². The van der Waals surface area contributed by atoms with E-state index in [1.807, 2.05) is 13.8 Å². The molecule has 7 heteroatoms. The Hall–Kier alpha value is -0.660. The molecule has 17 heavy (non-hydrogen) atoms. The lowest BCUT2D eigenvalue weighted by Crippen LogP contribution is -2.46. The number of amides is 1. The zero-order valence-corrected chi connectivity index (χ0v) is 11.8. The van der Waals surface area contributed by atoms with Crippen molar-refractivity contribution < 1.29 is 13.2 Å². The Morgan fingerprint density at radius 3 is 2.35 bits per heavy atom. The third-order valence-corrected chi connectivity index (χ3v) is 4.61. The van der Waals surface area contributed by atoms with Crippen LogP contribution in [0.25, 0.3) is 0 Å². The first kappa shape index (κ1) is 16.3. The van der Waals surface area contributed by atoms with Crippen molar-refractivity contribution in [3.63, 3.8) is 0 Å². The van der Waals surface area contributed by atoms with E-state index in [1.165, 1.54) is 14.1 Å². The van der Waals surface area contributed by atoms with Gasteiger partial charge in [0.05, 0.1) is 11.8 Å². The molecule has 1 amide bonds. The smallest absolute Gasteiger partial charge is 0.237 e. The second-order valence-corrected chi connectivity index (χ2v) is 6.60. The standard InChI is InChI=1S/C10H23N3O3S/c1-5-8(2)9(11)10(14)12-6-7-17(15,16)13(3)4/h8-9H,5-7,11H2,1-4H3,(H,12,14). The van der Waals surface area contributed by atoms with Crippen molar-refractivity contribution in [1.29, 1.82) is 0 Å². The fourth-order valence-corrected chi connectivity index (χ4v) is 1.84. The number of nitrogens with two attached hydrogens (primary N) is 1. The summed E-state index contributed by atoms with van der Waals surface area (Å²) in [7, 11) is -0.347. The first-order valence-corrected chi connectivity index (χ1v) is 7.26. The summed E-state index contributed by atoms with van der Waals surface area (Å²) in [5, 5.41) is 2.54. The zero-order chi connectivity index (χ0) is 13.6. The molecule has 0 aliphatic rings. The molecule has 2 unspecified atom stereocenters. The maximum atomic E-state index is 11.6. The molecule has 0 spiro atoms. The summed E-state index contributed by atoms with van der Waals surface area (Å²) in [5.41, 5.74) is 5.71. The Kier molecular flexibility index (Phi) is 6.66. The SMILES string of the molecule is CCC(C)C(N)C(=O)NCCS(=O)(=O)N(C)C. The molecule has 102 valence electrons. The first-order chi connectivity index (χ1) is 7.72. The van der Waals surface area contributed by atoms with E-state index in [0.29, 0.717) is 0 Å². The number of sulfonamides is 1. The minimum atomic E-state index is -3.27. The summed E-state index contributed by atoms with van der Waals surface area (Å²) in [4.78, 5) is 11.6. The van der Waals surface area contributed by atoms with Gasteiger partial charge in [0, 0.05) is 20.6 Å². The monoisotopic (exact) mass is 265 g/mol. The van der Waals surface area contributed by atoms with Gasteiger partial charge in [0.15, 0.2) is 0 Å². The van der Waals surface area contributed by atoms with E-state index < -0.39 is 16.1 Å². The van der Waals surface area contributed by atoms with E-state index in [-0.39, 0.29) is 24.1 Å². The molecule has 0 aliphatic carbocycles. The molecule has 0 bridgehead atoms. The Bertz CT molecular complexity index is 341. The third-order valence-electron chi connectivity index (χ3n) is 2.78. The van der Waals surface area contributed by atoms with Crippen molar-refractivity contribution in [1.82, 2.24) is 9.62 Å². The van der Waals surface area contributed by atoms with E-state index in [2.05, 4.69) is 5.32 Å². The highest BCUT2D eigenvalue weighted by atomic mass is 32.2. The fraction of sp³-hybridized carbons (Fsp3) is 0.900. The molecule has 6 nitrogen and oxygen atoms in total. The molecule has 0 saturated carbocycles. The maximum absolute atomic E-state index is 11.6. The average molecular weight is 265 g/mol. The molecule has 0 aromatic carbocycles. The van der Waals surface area contributed by atoms with Crippen LogP contribution >= 0.6 is 0 Å². The minimum Gasteiger partial charge on any atom is -0.354 e. The third kappa shape index (κ3) is 5.47. The van der Waals surface area contributed by atoms with Crippen LogP contribution in [-0.2, 0) is 14.8 Å². The second-order valence-electron chi connectivity index (χ2n) is 4.30. The van der Waals surface area contributed by atoms with Gasteiger partial charge in [-0.2, -0.15) is 0 Å². The van der Waals surface area contributed by atoms with Crippen molar-refractivity contribution in [3.05, 3.63) is 0 Å². The molecule has 0 aromatic heterocycles. The maximum Gasteiger partial charge on any atom is 0.237 e. The van der Waals surface area contributed by atoms with Crippen LogP contribution in [0.15, 0.2) is 0 Å². The van der Waals surface area contributed by atoms with Crippen molar-refractivity contribution in [2.24, 2.45) is 11.7 Å². The number of hydrogen-bond donors (Lipinski definition) is 2. The largest absolute Gasteiger partial charge is 0.354 e.